The Balaban J connectivity index is 0. The van der Waals surface area contributed by atoms with Crippen LogP contribution in [0.4, 0.5) is 4.39 Å². The zero-order valence-electron chi connectivity index (χ0n) is 10.8. The second-order valence-corrected chi connectivity index (χ2v) is 3.54. The lowest BCUT2D eigenvalue weighted by atomic mass is 9.99. The van der Waals surface area contributed by atoms with Gasteiger partial charge in [0, 0.05) is 0 Å². The molecule has 0 heterocycles. The third-order valence-corrected chi connectivity index (χ3v) is 1.72. The molecule has 0 amide bonds. The number of hydrogen-bond donors (Lipinski definition) is 3. The molecule has 0 unspecified atom stereocenters. The molecular weight excluding hydrogens is 225 g/mol. The summed E-state index contributed by atoms with van der Waals surface area (Å²) >= 11 is 0. The summed E-state index contributed by atoms with van der Waals surface area (Å²) in [7, 11) is 0. The Kier molecular flexibility index (Phi) is 9.18. The van der Waals surface area contributed by atoms with Crippen LogP contribution in [0.2, 0.25) is 0 Å². The maximum atomic E-state index is 13.0. The summed E-state index contributed by atoms with van der Waals surface area (Å²) in [6, 6.07) is 0. The van der Waals surface area contributed by atoms with E-state index in [1.54, 1.807) is 0 Å². The molecule has 0 aliphatic heterocycles. The number of carboxylic acids is 1. The van der Waals surface area contributed by atoms with E-state index in [1.807, 2.05) is 13.8 Å². The summed E-state index contributed by atoms with van der Waals surface area (Å²) in [5, 5.41) is 8.65. The van der Waals surface area contributed by atoms with Crippen molar-refractivity contribution in [1.29, 1.82) is 0 Å². The van der Waals surface area contributed by atoms with E-state index in [1.165, 1.54) is 13.8 Å². The Labute approximate surface area is 101 Å². The molecule has 0 saturated heterocycles. The van der Waals surface area contributed by atoms with Gasteiger partial charge in [-0.05, 0) is 26.3 Å². The maximum Gasteiger partial charge on any atom is 0.323 e. The molecule has 0 aliphatic rings. The number of carboxylic acid groups (broad SMARTS) is 1. The van der Waals surface area contributed by atoms with E-state index in [4.69, 9.17) is 16.6 Å². The van der Waals surface area contributed by atoms with Crippen LogP contribution in [0.1, 0.15) is 34.1 Å². The van der Waals surface area contributed by atoms with Gasteiger partial charge in [-0.1, -0.05) is 13.8 Å². The molecule has 0 aliphatic carbocycles. The number of carbonyl (C=O) groups is 1. The van der Waals surface area contributed by atoms with Crippen molar-refractivity contribution in [2.24, 2.45) is 16.5 Å². The largest absolute Gasteiger partial charge is 0.480 e. The lowest BCUT2D eigenvalue weighted by Gasteiger charge is -2.16. The zero-order chi connectivity index (χ0) is 14.1. The van der Waals surface area contributed by atoms with Crippen LogP contribution in [-0.4, -0.2) is 29.0 Å². The first-order valence-corrected chi connectivity index (χ1v) is 5.39. The predicted molar refractivity (Wildman–Crippen MR) is 67.5 cm³/mol. The molecule has 1 atom stereocenters. The van der Waals surface area contributed by atoms with Crippen LogP contribution in [0.25, 0.3) is 0 Å². The van der Waals surface area contributed by atoms with Gasteiger partial charge in [0.1, 0.15) is 11.4 Å². The van der Waals surface area contributed by atoms with Gasteiger partial charge in [-0.25, -0.2) is 4.39 Å². The lowest BCUT2D eigenvalue weighted by molar-refractivity contribution is -0.142. The van der Waals surface area contributed by atoms with Gasteiger partial charge in [0.05, 0.1) is 12.4 Å². The fourth-order valence-corrected chi connectivity index (χ4v) is 0.675. The number of nitrogens with two attached hydrogens (primary N) is 2. The van der Waals surface area contributed by atoms with E-state index in [0.29, 0.717) is 0 Å². The average Bonchev–Trinajstić information content (AvgIpc) is 2.26. The normalized spacial score (nSPS) is 15.6. The second kappa shape index (κ2) is 8.69. The SMILES string of the molecule is CC.CC(N)=NC/C(F)=C/C[C@](C)(N)C(=O)O. The van der Waals surface area contributed by atoms with Gasteiger partial charge < -0.3 is 16.6 Å². The predicted octanol–water partition coefficient (Wildman–Crippen LogP) is 1.44. The Hall–Kier alpha value is -1.43. The van der Waals surface area contributed by atoms with Crippen LogP contribution in [0.3, 0.4) is 0 Å². The Bertz CT molecular complexity index is 295. The molecule has 0 radical (unpaired) electrons. The second-order valence-electron chi connectivity index (χ2n) is 3.54. The van der Waals surface area contributed by atoms with Crippen molar-refractivity contribution in [2.75, 3.05) is 6.54 Å². The highest BCUT2D eigenvalue weighted by molar-refractivity contribution is 5.78. The molecule has 17 heavy (non-hydrogen) atoms. The highest BCUT2D eigenvalue weighted by atomic mass is 19.1. The van der Waals surface area contributed by atoms with Gasteiger partial charge in [-0.2, -0.15) is 0 Å². The number of nitrogens with zero attached hydrogens (tertiary/aromatic N) is 1. The van der Waals surface area contributed by atoms with Crippen LogP contribution in [-0.2, 0) is 4.79 Å². The quantitative estimate of drug-likeness (QED) is 0.505. The first-order chi connectivity index (χ1) is 7.75. The molecule has 0 aromatic rings. The van der Waals surface area contributed by atoms with E-state index in [2.05, 4.69) is 4.99 Å². The van der Waals surface area contributed by atoms with E-state index in [-0.39, 0.29) is 18.8 Å². The molecule has 5 nitrogen and oxygen atoms in total. The summed E-state index contributed by atoms with van der Waals surface area (Å²) in [6.45, 7) is 6.67. The summed E-state index contributed by atoms with van der Waals surface area (Å²) in [5.74, 6) is -1.45. The summed E-state index contributed by atoms with van der Waals surface area (Å²) < 4.78 is 13.0. The van der Waals surface area contributed by atoms with Gasteiger partial charge in [0.25, 0.3) is 0 Å². The van der Waals surface area contributed by atoms with Crippen molar-refractivity contribution < 1.29 is 14.3 Å². The van der Waals surface area contributed by atoms with Gasteiger partial charge in [-0.15, -0.1) is 0 Å². The van der Waals surface area contributed by atoms with E-state index >= 15 is 0 Å². The molecule has 0 fully saturated rings. The number of aliphatic imine (C=N–C) groups is 1. The Morgan fingerprint density at radius 2 is 2.00 bits per heavy atom. The van der Waals surface area contributed by atoms with Crippen LogP contribution in [0.15, 0.2) is 16.9 Å². The number of amidine groups is 1. The Morgan fingerprint density at radius 1 is 1.53 bits per heavy atom. The molecule has 0 spiro atoms. The van der Waals surface area contributed by atoms with Gasteiger partial charge >= 0.3 is 5.97 Å². The standard InChI is InChI=1S/C9H16FN3O2.C2H6/c1-6(11)13-5-7(10)3-4-9(2,12)8(14)15;1-2/h3H,4-5,12H2,1-2H3,(H2,11,13)(H,14,15);1-2H3/b7-3-;/t9-;/m0./s1. The lowest BCUT2D eigenvalue weighted by Crippen LogP contribution is -2.44. The number of aliphatic carboxylic acids is 1. The van der Waals surface area contributed by atoms with Crippen molar-refractivity contribution in [2.45, 2.75) is 39.7 Å². The molecule has 0 aromatic carbocycles. The number of rotatable bonds is 5. The molecule has 5 N–H and O–H groups in total. The molecule has 0 bridgehead atoms. The van der Waals surface area contributed by atoms with Gasteiger partial charge in [-0.3, -0.25) is 9.79 Å². The van der Waals surface area contributed by atoms with Crippen molar-refractivity contribution >= 4 is 11.8 Å². The van der Waals surface area contributed by atoms with Crippen LogP contribution < -0.4 is 11.5 Å². The fourth-order valence-electron chi connectivity index (χ4n) is 0.675. The zero-order valence-corrected chi connectivity index (χ0v) is 10.8. The number of hydrogen-bond acceptors (Lipinski definition) is 3. The Morgan fingerprint density at radius 3 is 2.35 bits per heavy atom. The third kappa shape index (κ3) is 9.50. The minimum Gasteiger partial charge on any atom is -0.480 e. The van der Waals surface area contributed by atoms with Crippen molar-refractivity contribution in [3.8, 4) is 0 Å². The fraction of sp³-hybridized carbons (Fsp3) is 0.636. The molecule has 0 rings (SSSR count). The van der Waals surface area contributed by atoms with E-state index in [9.17, 15) is 9.18 Å². The molecule has 100 valence electrons. The monoisotopic (exact) mass is 247 g/mol. The smallest absolute Gasteiger partial charge is 0.323 e. The first kappa shape index (κ1) is 17.9. The van der Waals surface area contributed by atoms with Crippen molar-refractivity contribution in [1.82, 2.24) is 0 Å². The van der Waals surface area contributed by atoms with E-state index < -0.39 is 17.3 Å². The molecule has 6 heteroatoms. The average molecular weight is 247 g/mol. The summed E-state index contributed by atoms with van der Waals surface area (Å²) in [5.41, 5.74) is 9.14. The van der Waals surface area contributed by atoms with Gasteiger partial charge in [0.2, 0.25) is 0 Å². The van der Waals surface area contributed by atoms with Crippen LogP contribution >= 0.6 is 0 Å². The summed E-state index contributed by atoms with van der Waals surface area (Å²) in [4.78, 5) is 14.2. The minimum absolute atomic E-state index is 0.0900. The molecule has 0 aromatic heterocycles. The molecule has 0 saturated carbocycles. The minimum atomic E-state index is -1.46. The van der Waals surface area contributed by atoms with Crippen LogP contribution in [0, 0.1) is 0 Å². The maximum absolute atomic E-state index is 13.0. The summed E-state index contributed by atoms with van der Waals surface area (Å²) in [6.07, 6.45) is 1.02. The highest BCUT2D eigenvalue weighted by Crippen LogP contribution is 2.10. The number of halogens is 1. The van der Waals surface area contributed by atoms with Crippen LogP contribution in [0.5, 0.6) is 0 Å². The topological polar surface area (TPSA) is 102 Å². The third-order valence-electron chi connectivity index (χ3n) is 1.72. The van der Waals surface area contributed by atoms with Crippen molar-refractivity contribution in [3.63, 3.8) is 0 Å². The highest BCUT2D eigenvalue weighted by Gasteiger charge is 2.26. The first-order valence-electron chi connectivity index (χ1n) is 5.39. The van der Waals surface area contributed by atoms with Gasteiger partial charge in [0.15, 0.2) is 0 Å². The van der Waals surface area contributed by atoms with Crippen molar-refractivity contribution in [3.05, 3.63) is 11.9 Å². The van der Waals surface area contributed by atoms with E-state index in [0.717, 1.165) is 6.08 Å². The molecular formula is C11H22FN3O2.